The Kier molecular flexibility index (Phi) is 7.18. The monoisotopic (exact) mass is 585 g/mol. The number of fused-ring (bicyclic) bond motifs is 3. The number of alkyl halides is 4. The van der Waals surface area contributed by atoms with E-state index in [-0.39, 0.29) is 38.3 Å². The summed E-state index contributed by atoms with van der Waals surface area (Å²) in [5.74, 6) is -0.391. The molecule has 2 saturated heterocycles. The lowest BCUT2D eigenvalue weighted by Gasteiger charge is -2.45. The topological polar surface area (TPSA) is 60.9 Å². The predicted octanol–water partition coefficient (Wildman–Crippen LogP) is 4.77. The fourth-order valence-corrected chi connectivity index (χ4v) is 7.44. The largest absolute Gasteiger partial charge is 0.426 e. The molecule has 0 saturated carbocycles. The maximum Gasteiger partial charge on any atom is 0.426 e. The van der Waals surface area contributed by atoms with Crippen molar-refractivity contribution in [1.29, 1.82) is 0 Å². The van der Waals surface area contributed by atoms with Gasteiger partial charge in [-0.25, -0.2) is 22.0 Å². The van der Waals surface area contributed by atoms with Crippen molar-refractivity contribution in [3.05, 3.63) is 70.5 Å². The number of aryl methyl sites for hydroxylation is 1. The smallest absolute Gasteiger partial charge is 0.322 e. The summed E-state index contributed by atoms with van der Waals surface area (Å²) < 4.78 is 94.1. The SMILES string of the molecule is CC(F)(c1ccc2c(c1)CC[C@H]1N(C(=O)N3CCN(S(C)(=O)=O)CC3)CC[C@@]21Cc1ccc(F)cc1)C(F)(F)F. The number of rotatable bonds is 4. The second kappa shape index (κ2) is 9.97. The molecule has 3 atom stereocenters. The van der Waals surface area contributed by atoms with Gasteiger partial charge in [-0.2, -0.15) is 17.5 Å². The molecule has 2 aliphatic heterocycles. The standard InChI is InChI=1S/C28H32F5N3O3S/c1-26(30,28(31,32)33)21-6-9-23-20(17-21)5-10-24-27(23,18-19-3-7-22(29)8-4-19)11-12-36(24)25(37)34-13-15-35(16-14-34)40(2,38)39/h3-4,6-9,17,24H,5,10-16,18H2,1-2H3/t24-,26?,27-/m1/s1. The molecule has 2 aromatic carbocycles. The van der Waals surface area contributed by atoms with Gasteiger partial charge in [0.15, 0.2) is 0 Å². The van der Waals surface area contributed by atoms with Gasteiger partial charge in [-0.05, 0) is 67.0 Å². The van der Waals surface area contributed by atoms with E-state index in [2.05, 4.69) is 0 Å². The van der Waals surface area contributed by atoms with E-state index in [0.29, 0.717) is 44.7 Å². The van der Waals surface area contributed by atoms with Crippen LogP contribution in [-0.2, 0) is 33.9 Å². The van der Waals surface area contributed by atoms with E-state index in [0.717, 1.165) is 17.4 Å². The lowest BCUT2D eigenvalue weighted by Crippen LogP contribution is -2.57. The van der Waals surface area contributed by atoms with Gasteiger partial charge >= 0.3 is 12.2 Å². The number of likely N-dealkylation sites (tertiary alicyclic amines) is 1. The van der Waals surface area contributed by atoms with E-state index in [1.165, 1.54) is 28.6 Å². The fraction of sp³-hybridized carbons (Fsp3) is 0.536. The maximum absolute atomic E-state index is 14.9. The Balaban J connectivity index is 1.49. The molecule has 2 fully saturated rings. The number of halogens is 5. The minimum absolute atomic E-state index is 0.201. The molecular weight excluding hydrogens is 553 g/mol. The molecular formula is C28H32F5N3O3S. The molecule has 0 aromatic heterocycles. The number of carbonyl (C=O) groups is 1. The number of urea groups is 1. The Hall–Kier alpha value is -2.73. The molecule has 218 valence electrons. The van der Waals surface area contributed by atoms with Crippen LogP contribution < -0.4 is 0 Å². The molecule has 40 heavy (non-hydrogen) atoms. The van der Waals surface area contributed by atoms with Gasteiger partial charge in [-0.15, -0.1) is 0 Å². The van der Waals surface area contributed by atoms with Gasteiger partial charge in [0.25, 0.3) is 0 Å². The summed E-state index contributed by atoms with van der Waals surface area (Å²) in [6.07, 6.45) is -2.12. The van der Waals surface area contributed by atoms with Crippen molar-refractivity contribution in [3.63, 3.8) is 0 Å². The molecule has 2 aromatic rings. The lowest BCUT2D eigenvalue weighted by atomic mass is 9.63. The van der Waals surface area contributed by atoms with Crippen molar-refractivity contribution in [1.82, 2.24) is 14.1 Å². The van der Waals surface area contributed by atoms with Crippen LogP contribution in [0, 0.1) is 5.82 Å². The number of nitrogens with zero attached hydrogens (tertiary/aromatic N) is 3. The van der Waals surface area contributed by atoms with Crippen LogP contribution >= 0.6 is 0 Å². The number of amides is 2. The Morgan fingerprint density at radius 1 is 1.00 bits per heavy atom. The van der Waals surface area contributed by atoms with Crippen LogP contribution in [0.1, 0.15) is 42.0 Å². The molecule has 1 aliphatic carbocycles. The summed E-state index contributed by atoms with van der Waals surface area (Å²) in [6, 6.07) is 9.62. The molecule has 0 spiro atoms. The first-order valence-corrected chi connectivity index (χ1v) is 15.1. The number of benzene rings is 2. The Bertz CT molecular complexity index is 1390. The van der Waals surface area contributed by atoms with E-state index in [4.69, 9.17) is 0 Å². The van der Waals surface area contributed by atoms with E-state index >= 15 is 0 Å². The highest BCUT2D eigenvalue weighted by molar-refractivity contribution is 7.88. The highest BCUT2D eigenvalue weighted by Crippen LogP contribution is 2.51. The van der Waals surface area contributed by atoms with E-state index < -0.39 is 38.7 Å². The molecule has 1 unspecified atom stereocenters. The fourth-order valence-electron chi connectivity index (χ4n) is 6.61. The van der Waals surface area contributed by atoms with Crippen molar-refractivity contribution in [2.75, 3.05) is 39.0 Å². The minimum atomic E-state index is -5.07. The van der Waals surface area contributed by atoms with E-state index in [1.807, 2.05) is 0 Å². The molecule has 12 heteroatoms. The Labute approximate surface area is 230 Å². The summed E-state index contributed by atoms with van der Waals surface area (Å²) in [7, 11) is -3.36. The third-order valence-electron chi connectivity index (χ3n) is 8.87. The normalized spacial score (nSPS) is 25.3. The van der Waals surface area contributed by atoms with Crippen LogP contribution in [-0.4, -0.2) is 79.8 Å². The van der Waals surface area contributed by atoms with Crippen LogP contribution in [0.25, 0.3) is 0 Å². The summed E-state index contributed by atoms with van der Waals surface area (Å²) >= 11 is 0. The van der Waals surface area contributed by atoms with Gasteiger partial charge in [0, 0.05) is 44.2 Å². The summed E-state index contributed by atoms with van der Waals surface area (Å²) in [5, 5.41) is 0. The van der Waals surface area contributed by atoms with Crippen LogP contribution in [0.3, 0.4) is 0 Å². The minimum Gasteiger partial charge on any atom is -0.322 e. The summed E-state index contributed by atoms with van der Waals surface area (Å²) in [5.41, 5.74) is -2.38. The van der Waals surface area contributed by atoms with Crippen molar-refractivity contribution >= 4 is 16.1 Å². The van der Waals surface area contributed by atoms with Gasteiger partial charge in [0.05, 0.1) is 6.26 Å². The summed E-state index contributed by atoms with van der Waals surface area (Å²) in [4.78, 5) is 17.2. The zero-order valence-corrected chi connectivity index (χ0v) is 23.2. The van der Waals surface area contributed by atoms with Crippen molar-refractivity contribution in [2.45, 2.75) is 55.9 Å². The van der Waals surface area contributed by atoms with Crippen molar-refractivity contribution in [3.8, 4) is 0 Å². The highest BCUT2D eigenvalue weighted by Gasteiger charge is 2.56. The third-order valence-corrected chi connectivity index (χ3v) is 10.2. The number of hydrogen-bond acceptors (Lipinski definition) is 3. The molecule has 0 bridgehead atoms. The summed E-state index contributed by atoms with van der Waals surface area (Å²) in [6.45, 7) is 1.85. The van der Waals surface area contributed by atoms with Crippen LogP contribution in [0.5, 0.6) is 0 Å². The van der Waals surface area contributed by atoms with Gasteiger partial charge in [-0.3, -0.25) is 0 Å². The molecule has 3 aliphatic rings. The first-order chi connectivity index (χ1) is 18.6. The number of piperazine rings is 1. The Morgan fingerprint density at radius 3 is 2.25 bits per heavy atom. The lowest BCUT2D eigenvalue weighted by molar-refractivity contribution is -0.228. The van der Waals surface area contributed by atoms with Crippen LogP contribution in [0.4, 0.5) is 26.7 Å². The average Bonchev–Trinajstić information content (AvgIpc) is 3.27. The maximum atomic E-state index is 14.9. The molecule has 0 radical (unpaired) electrons. The second-order valence-corrected chi connectivity index (χ2v) is 13.2. The first kappa shape index (κ1) is 28.8. The quantitative estimate of drug-likeness (QED) is 0.486. The number of hydrogen-bond donors (Lipinski definition) is 0. The zero-order valence-electron chi connectivity index (χ0n) is 22.3. The molecule has 2 heterocycles. The molecule has 2 amide bonds. The van der Waals surface area contributed by atoms with E-state index in [1.54, 1.807) is 28.0 Å². The molecule has 6 nitrogen and oxygen atoms in total. The van der Waals surface area contributed by atoms with Gasteiger partial charge < -0.3 is 9.80 Å². The first-order valence-electron chi connectivity index (χ1n) is 13.3. The number of sulfonamides is 1. The van der Waals surface area contributed by atoms with Crippen LogP contribution in [0.2, 0.25) is 0 Å². The predicted molar refractivity (Wildman–Crippen MR) is 140 cm³/mol. The van der Waals surface area contributed by atoms with Gasteiger partial charge in [0.1, 0.15) is 5.82 Å². The number of carbonyl (C=O) groups excluding carboxylic acids is 1. The Morgan fingerprint density at radius 2 is 1.65 bits per heavy atom. The molecule has 0 N–H and O–H groups in total. The van der Waals surface area contributed by atoms with Gasteiger partial charge in [-0.1, -0.05) is 30.3 Å². The molecule has 5 rings (SSSR count). The van der Waals surface area contributed by atoms with Crippen LogP contribution in [0.15, 0.2) is 42.5 Å². The van der Waals surface area contributed by atoms with Crippen molar-refractivity contribution in [2.24, 2.45) is 0 Å². The zero-order chi connectivity index (χ0) is 29.1. The highest BCUT2D eigenvalue weighted by atomic mass is 32.2. The van der Waals surface area contributed by atoms with E-state index in [9.17, 15) is 35.2 Å². The second-order valence-electron chi connectivity index (χ2n) is 11.3. The third kappa shape index (κ3) is 4.97. The van der Waals surface area contributed by atoms with Crippen molar-refractivity contribution < 1.29 is 35.2 Å². The van der Waals surface area contributed by atoms with Gasteiger partial charge in [0.2, 0.25) is 15.7 Å². The average molecular weight is 586 g/mol.